The molecule has 3 aliphatic rings. The van der Waals surface area contributed by atoms with Crippen molar-refractivity contribution < 1.29 is 27.8 Å². The Bertz CT molecular complexity index is 1330. The van der Waals surface area contributed by atoms with Crippen LogP contribution in [0.1, 0.15) is 65.8 Å². The van der Waals surface area contributed by atoms with Crippen LogP contribution >= 0.6 is 0 Å². The van der Waals surface area contributed by atoms with Crippen molar-refractivity contribution in [1.29, 1.82) is 0 Å². The molecule has 2 fully saturated rings. The first kappa shape index (κ1) is 25.0. The van der Waals surface area contributed by atoms with Crippen LogP contribution in [0.15, 0.2) is 66.7 Å². The summed E-state index contributed by atoms with van der Waals surface area (Å²) in [6.07, 6.45) is -2.26. The Hall–Kier alpha value is -3.32. The highest BCUT2D eigenvalue weighted by molar-refractivity contribution is 5.79. The predicted molar refractivity (Wildman–Crippen MR) is 138 cm³/mol. The van der Waals surface area contributed by atoms with Crippen LogP contribution in [0, 0.1) is 6.92 Å². The van der Waals surface area contributed by atoms with Gasteiger partial charge in [-0.15, -0.1) is 0 Å². The monoisotopic (exact) mass is 521 g/mol. The molecule has 3 aromatic carbocycles. The number of amides is 1. The largest absolute Gasteiger partial charge is 0.448 e. The van der Waals surface area contributed by atoms with Crippen LogP contribution < -0.4 is 0 Å². The number of aryl methyl sites for hydroxylation is 1. The molecule has 2 bridgehead atoms. The number of rotatable bonds is 3. The topological polar surface area (TPSA) is 49.8 Å². The first-order valence-electron chi connectivity index (χ1n) is 13.2. The van der Waals surface area contributed by atoms with E-state index >= 15 is 0 Å². The molecule has 3 aromatic rings. The van der Waals surface area contributed by atoms with E-state index in [4.69, 9.17) is 4.74 Å². The average molecular weight is 522 g/mol. The maximum atomic E-state index is 13.5. The number of carbonyl (C=O) groups excluding carboxylic acids is 1. The van der Waals surface area contributed by atoms with Crippen molar-refractivity contribution in [1.82, 2.24) is 4.90 Å². The maximum absolute atomic E-state index is 13.5. The molecular formula is C31H30F3NO3. The molecule has 1 aliphatic carbocycles. The SMILES string of the molecule is Cc1cc(C(F)(F)F)cc(C2(O)CC3CCCC(C2)N3C(=O)OCC2c3ccccc3-c3ccccc32)c1. The highest BCUT2D eigenvalue weighted by Gasteiger charge is 2.49. The van der Waals surface area contributed by atoms with Crippen molar-refractivity contribution in [3.8, 4) is 11.1 Å². The average Bonchev–Trinajstić information content (AvgIpc) is 3.19. The van der Waals surface area contributed by atoms with Gasteiger partial charge in [0.2, 0.25) is 0 Å². The lowest BCUT2D eigenvalue weighted by atomic mass is 9.72. The van der Waals surface area contributed by atoms with Gasteiger partial charge in [0.05, 0.1) is 11.2 Å². The Labute approximate surface area is 220 Å². The van der Waals surface area contributed by atoms with Crippen molar-refractivity contribution in [2.75, 3.05) is 6.61 Å². The number of aliphatic hydroxyl groups is 1. The van der Waals surface area contributed by atoms with Crippen molar-refractivity contribution in [2.24, 2.45) is 0 Å². The van der Waals surface area contributed by atoms with Crippen LogP contribution in [0.3, 0.4) is 0 Å². The maximum Gasteiger partial charge on any atom is 0.416 e. The quantitative estimate of drug-likeness (QED) is 0.398. The molecule has 4 nitrogen and oxygen atoms in total. The Morgan fingerprint density at radius 3 is 2.13 bits per heavy atom. The molecule has 6 rings (SSSR count). The molecule has 38 heavy (non-hydrogen) atoms. The summed E-state index contributed by atoms with van der Waals surface area (Å²) in [6.45, 7) is 1.81. The van der Waals surface area contributed by atoms with Gasteiger partial charge in [-0.05, 0) is 66.1 Å². The first-order valence-corrected chi connectivity index (χ1v) is 13.2. The second-order valence-corrected chi connectivity index (χ2v) is 11.0. The second kappa shape index (κ2) is 9.16. The molecule has 2 atom stereocenters. The van der Waals surface area contributed by atoms with E-state index in [0.29, 0.717) is 18.4 Å². The van der Waals surface area contributed by atoms with Crippen LogP contribution in [-0.2, 0) is 16.5 Å². The molecule has 0 spiro atoms. The minimum atomic E-state index is -4.49. The van der Waals surface area contributed by atoms with Gasteiger partial charge in [-0.2, -0.15) is 13.2 Å². The van der Waals surface area contributed by atoms with Crippen LogP contribution in [0.25, 0.3) is 11.1 Å². The third-order valence-corrected chi connectivity index (χ3v) is 8.50. The van der Waals surface area contributed by atoms with E-state index in [1.165, 1.54) is 0 Å². The van der Waals surface area contributed by atoms with E-state index in [9.17, 15) is 23.1 Å². The summed E-state index contributed by atoms with van der Waals surface area (Å²) in [5.41, 5.74) is 3.11. The number of hydrogen-bond acceptors (Lipinski definition) is 3. The lowest BCUT2D eigenvalue weighted by Gasteiger charge is -2.51. The van der Waals surface area contributed by atoms with Crippen molar-refractivity contribution >= 4 is 6.09 Å². The molecule has 1 amide bonds. The molecule has 198 valence electrons. The minimum Gasteiger partial charge on any atom is -0.448 e. The Morgan fingerprint density at radius 2 is 1.55 bits per heavy atom. The summed E-state index contributed by atoms with van der Waals surface area (Å²) in [4.78, 5) is 15.2. The number of benzene rings is 3. The molecule has 0 aromatic heterocycles. The van der Waals surface area contributed by atoms with Gasteiger partial charge in [0, 0.05) is 30.8 Å². The fraction of sp³-hybridized carbons (Fsp3) is 0.387. The number of hydrogen-bond donors (Lipinski definition) is 1. The summed E-state index contributed by atoms with van der Waals surface area (Å²) in [7, 11) is 0. The van der Waals surface area contributed by atoms with Gasteiger partial charge in [0.1, 0.15) is 6.61 Å². The molecule has 2 heterocycles. The highest BCUT2D eigenvalue weighted by Crippen LogP contribution is 2.47. The smallest absolute Gasteiger partial charge is 0.416 e. The van der Waals surface area contributed by atoms with Crippen LogP contribution in [0.5, 0.6) is 0 Å². The van der Waals surface area contributed by atoms with E-state index in [0.717, 1.165) is 40.8 Å². The van der Waals surface area contributed by atoms with Crippen molar-refractivity contribution in [2.45, 2.75) is 68.8 Å². The van der Waals surface area contributed by atoms with Crippen LogP contribution in [0.2, 0.25) is 0 Å². The second-order valence-electron chi connectivity index (χ2n) is 11.0. The first-order chi connectivity index (χ1) is 18.1. The zero-order valence-electron chi connectivity index (χ0n) is 21.2. The molecule has 1 N–H and O–H groups in total. The summed E-state index contributed by atoms with van der Waals surface area (Å²) in [6, 6.07) is 19.5. The van der Waals surface area contributed by atoms with E-state index < -0.39 is 23.4 Å². The highest BCUT2D eigenvalue weighted by atomic mass is 19.4. The molecule has 2 saturated heterocycles. The lowest BCUT2D eigenvalue weighted by Crippen LogP contribution is -2.59. The number of alkyl halides is 3. The molecule has 0 saturated carbocycles. The fourth-order valence-electron chi connectivity index (χ4n) is 6.85. The lowest BCUT2D eigenvalue weighted by molar-refractivity contribution is -0.138. The van der Waals surface area contributed by atoms with Gasteiger partial charge in [-0.25, -0.2) is 4.79 Å². The van der Waals surface area contributed by atoms with E-state index in [1.54, 1.807) is 17.9 Å². The number of halogens is 3. The summed E-state index contributed by atoms with van der Waals surface area (Å²) >= 11 is 0. The van der Waals surface area contributed by atoms with E-state index in [2.05, 4.69) is 24.3 Å². The molecule has 2 aliphatic heterocycles. The molecule has 0 radical (unpaired) electrons. The zero-order chi connectivity index (χ0) is 26.7. The Balaban J connectivity index is 1.21. The van der Waals surface area contributed by atoms with Gasteiger partial charge in [-0.3, -0.25) is 0 Å². The van der Waals surface area contributed by atoms with E-state index in [-0.39, 0.29) is 43.0 Å². The van der Waals surface area contributed by atoms with Crippen molar-refractivity contribution in [3.63, 3.8) is 0 Å². The third kappa shape index (κ3) is 4.27. The van der Waals surface area contributed by atoms with Crippen LogP contribution in [0.4, 0.5) is 18.0 Å². The number of piperidine rings is 2. The Kier molecular flexibility index (Phi) is 6.02. The van der Waals surface area contributed by atoms with Gasteiger partial charge in [0.15, 0.2) is 0 Å². The summed E-state index contributed by atoms with van der Waals surface area (Å²) in [5, 5.41) is 11.6. The molecule has 7 heteroatoms. The number of fused-ring (bicyclic) bond motifs is 5. The zero-order valence-corrected chi connectivity index (χ0v) is 21.2. The number of nitrogens with zero attached hydrogens (tertiary/aromatic N) is 1. The Morgan fingerprint density at radius 1 is 0.974 bits per heavy atom. The molecular weight excluding hydrogens is 491 g/mol. The fourth-order valence-corrected chi connectivity index (χ4v) is 6.85. The summed E-state index contributed by atoms with van der Waals surface area (Å²) < 4.78 is 46.4. The standard InChI is InChI=1S/C31H30F3NO3/c1-19-13-20(15-21(14-19)31(32,33)34)30(37)16-22-7-6-8-23(17-30)35(22)29(36)38-18-28-26-11-4-2-9-24(26)25-10-3-5-12-27(25)28/h2-5,9-15,22-23,28,37H,6-8,16-18H2,1H3. The van der Waals surface area contributed by atoms with Gasteiger partial charge < -0.3 is 14.7 Å². The summed E-state index contributed by atoms with van der Waals surface area (Å²) in [5.74, 6) is -0.0546. The van der Waals surface area contributed by atoms with Gasteiger partial charge >= 0.3 is 12.3 Å². The minimum absolute atomic E-state index is 0.0546. The number of ether oxygens (including phenoxy) is 1. The van der Waals surface area contributed by atoms with Crippen molar-refractivity contribution in [3.05, 3.63) is 94.5 Å². The molecule has 2 unspecified atom stereocenters. The normalized spacial score (nSPS) is 24.6. The van der Waals surface area contributed by atoms with Crippen LogP contribution in [-0.4, -0.2) is 34.8 Å². The number of carbonyl (C=O) groups is 1. The third-order valence-electron chi connectivity index (χ3n) is 8.50. The van der Waals surface area contributed by atoms with E-state index in [1.807, 2.05) is 24.3 Å². The van der Waals surface area contributed by atoms with Gasteiger partial charge in [-0.1, -0.05) is 60.2 Å². The van der Waals surface area contributed by atoms with Gasteiger partial charge in [0.25, 0.3) is 0 Å². The predicted octanol–water partition coefficient (Wildman–Crippen LogP) is 7.17.